The SMILES string of the molecule is COc1c(N)ncnc1NCc1ccncc1C. The van der Waals surface area contributed by atoms with Crippen LogP contribution in [0.4, 0.5) is 11.6 Å². The van der Waals surface area contributed by atoms with Gasteiger partial charge < -0.3 is 15.8 Å². The van der Waals surface area contributed by atoms with Gasteiger partial charge in [0.05, 0.1) is 7.11 Å². The van der Waals surface area contributed by atoms with E-state index in [9.17, 15) is 0 Å². The minimum absolute atomic E-state index is 0.321. The molecule has 6 nitrogen and oxygen atoms in total. The number of nitrogens with two attached hydrogens (primary N) is 1. The molecule has 0 amide bonds. The molecule has 3 N–H and O–H groups in total. The highest BCUT2D eigenvalue weighted by Crippen LogP contribution is 2.26. The minimum atomic E-state index is 0.321. The van der Waals surface area contributed by atoms with Gasteiger partial charge in [0.25, 0.3) is 0 Å². The monoisotopic (exact) mass is 245 g/mol. The maximum atomic E-state index is 5.70. The highest BCUT2D eigenvalue weighted by Gasteiger charge is 2.09. The molecule has 0 bridgehead atoms. The summed E-state index contributed by atoms with van der Waals surface area (Å²) in [5.41, 5.74) is 7.96. The van der Waals surface area contributed by atoms with Crippen molar-refractivity contribution in [2.24, 2.45) is 0 Å². The summed E-state index contributed by atoms with van der Waals surface area (Å²) in [5, 5.41) is 3.18. The Morgan fingerprint density at radius 2 is 2.22 bits per heavy atom. The zero-order chi connectivity index (χ0) is 13.0. The number of nitrogen functional groups attached to an aromatic ring is 1. The molecule has 0 unspecified atom stereocenters. The van der Waals surface area contributed by atoms with Gasteiger partial charge in [0.1, 0.15) is 6.33 Å². The highest BCUT2D eigenvalue weighted by atomic mass is 16.5. The van der Waals surface area contributed by atoms with E-state index in [4.69, 9.17) is 10.5 Å². The average Bonchev–Trinajstić information content (AvgIpc) is 2.38. The molecule has 0 fully saturated rings. The van der Waals surface area contributed by atoms with Gasteiger partial charge in [-0.1, -0.05) is 0 Å². The summed E-state index contributed by atoms with van der Waals surface area (Å²) < 4.78 is 5.17. The van der Waals surface area contributed by atoms with Crippen molar-refractivity contribution in [2.45, 2.75) is 13.5 Å². The number of rotatable bonds is 4. The number of pyridine rings is 1. The molecule has 0 spiro atoms. The number of nitrogens with zero attached hydrogens (tertiary/aromatic N) is 3. The molecule has 0 atom stereocenters. The molecule has 0 saturated carbocycles. The molecule has 2 rings (SSSR count). The van der Waals surface area contributed by atoms with E-state index in [2.05, 4.69) is 20.3 Å². The molecule has 0 aromatic carbocycles. The van der Waals surface area contributed by atoms with Crippen molar-refractivity contribution in [3.8, 4) is 5.75 Å². The Morgan fingerprint density at radius 1 is 1.39 bits per heavy atom. The van der Waals surface area contributed by atoms with Gasteiger partial charge in [-0.25, -0.2) is 9.97 Å². The number of aryl methyl sites for hydroxylation is 1. The number of hydrogen-bond donors (Lipinski definition) is 2. The van der Waals surface area contributed by atoms with Gasteiger partial charge in [-0.15, -0.1) is 0 Å². The normalized spacial score (nSPS) is 10.1. The third-order valence-corrected chi connectivity index (χ3v) is 2.62. The lowest BCUT2D eigenvalue weighted by atomic mass is 10.1. The lowest BCUT2D eigenvalue weighted by Crippen LogP contribution is -2.07. The Bertz CT molecular complexity index is 544. The van der Waals surface area contributed by atoms with E-state index in [0.717, 1.165) is 11.1 Å². The third-order valence-electron chi connectivity index (χ3n) is 2.62. The number of nitrogens with one attached hydrogen (secondary N) is 1. The first-order valence-corrected chi connectivity index (χ1v) is 5.50. The minimum Gasteiger partial charge on any atom is -0.490 e. The summed E-state index contributed by atoms with van der Waals surface area (Å²) in [6.07, 6.45) is 4.98. The van der Waals surface area contributed by atoms with Gasteiger partial charge in [-0.05, 0) is 24.1 Å². The van der Waals surface area contributed by atoms with Crippen LogP contribution in [0, 0.1) is 6.92 Å². The van der Waals surface area contributed by atoms with Crippen LogP contribution in [0.1, 0.15) is 11.1 Å². The number of methoxy groups -OCH3 is 1. The highest BCUT2D eigenvalue weighted by molar-refractivity contribution is 5.61. The number of hydrogen-bond acceptors (Lipinski definition) is 6. The molecule has 2 heterocycles. The lowest BCUT2D eigenvalue weighted by Gasteiger charge is -2.11. The summed E-state index contributed by atoms with van der Waals surface area (Å²) in [5.74, 6) is 1.37. The van der Waals surface area contributed by atoms with Crippen molar-refractivity contribution in [2.75, 3.05) is 18.2 Å². The predicted octanol–water partition coefficient (Wildman–Crippen LogP) is 1.38. The molecule has 0 radical (unpaired) electrons. The smallest absolute Gasteiger partial charge is 0.203 e. The summed E-state index contributed by atoms with van der Waals surface area (Å²) in [7, 11) is 1.54. The molecular formula is C12H15N5O. The Kier molecular flexibility index (Phi) is 3.57. The van der Waals surface area contributed by atoms with E-state index >= 15 is 0 Å². The molecule has 94 valence electrons. The first-order valence-electron chi connectivity index (χ1n) is 5.50. The standard InChI is InChI=1S/C12H15N5O/c1-8-5-14-4-3-9(8)6-15-12-10(18-2)11(13)16-7-17-12/h3-5,7H,6H2,1-2H3,(H3,13,15,16,17). The van der Waals surface area contributed by atoms with Gasteiger partial charge in [-0.3, -0.25) is 4.98 Å². The molecule has 2 aromatic rings. The molecule has 0 aliphatic heterocycles. The van der Waals surface area contributed by atoms with Crippen LogP contribution >= 0.6 is 0 Å². The van der Waals surface area contributed by atoms with Crippen molar-refractivity contribution in [3.05, 3.63) is 35.9 Å². The van der Waals surface area contributed by atoms with Crippen LogP contribution in [0.15, 0.2) is 24.8 Å². The zero-order valence-electron chi connectivity index (χ0n) is 10.3. The van der Waals surface area contributed by atoms with Gasteiger partial charge in [0.15, 0.2) is 11.6 Å². The molecule has 0 saturated heterocycles. The largest absolute Gasteiger partial charge is 0.490 e. The van der Waals surface area contributed by atoms with Gasteiger partial charge in [0, 0.05) is 18.9 Å². The van der Waals surface area contributed by atoms with Gasteiger partial charge in [-0.2, -0.15) is 0 Å². The fraction of sp³-hybridized carbons (Fsp3) is 0.250. The summed E-state index contributed by atoms with van der Waals surface area (Å²) in [6.45, 7) is 2.64. The van der Waals surface area contributed by atoms with Crippen molar-refractivity contribution in [1.29, 1.82) is 0 Å². The Morgan fingerprint density at radius 3 is 2.94 bits per heavy atom. The van der Waals surface area contributed by atoms with E-state index in [1.165, 1.54) is 13.4 Å². The van der Waals surface area contributed by atoms with Crippen LogP contribution in [0.3, 0.4) is 0 Å². The quantitative estimate of drug-likeness (QED) is 0.846. The summed E-state index contributed by atoms with van der Waals surface area (Å²) in [6, 6.07) is 1.96. The van der Waals surface area contributed by atoms with Crippen LogP contribution in [0.2, 0.25) is 0 Å². The van der Waals surface area contributed by atoms with E-state index in [0.29, 0.717) is 23.9 Å². The van der Waals surface area contributed by atoms with E-state index in [1.54, 1.807) is 6.20 Å². The molecule has 6 heteroatoms. The van der Waals surface area contributed by atoms with Crippen LogP contribution in [0.5, 0.6) is 5.75 Å². The topological polar surface area (TPSA) is 86.0 Å². The Hall–Kier alpha value is -2.37. The summed E-state index contributed by atoms with van der Waals surface area (Å²) in [4.78, 5) is 12.0. The van der Waals surface area contributed by atoms with Crippen LogP contribution in [-0.4, -0.2) is 22.1 Å². The van der Waals surface area contributed by atoms with E-state index < -0.39 is 0 Å². The second-order valence-corrected chi connectivity index (χ2v) is 3.80. The van der Waals surface area contributed by atoms with Gasteiger partial charge in [0.2, 0.25) is 5.75 Å². The van der Waals surface area contributed by atoms with Crippen LogP contribution in [0.25, 0.3) is 0 Å². The predicted molar refractivity (Wildman–Crippen MR) is 69.3 cm³/mol. The number of ether oxygens (including phenoxy) is 1. The van der Waals surface area contributed by atoms with Crippen molar-refractivity contribution in [3.63, 3.8) is 0 Å². The Balaban J connectivity index is 2.16. The molecule has 0 aliphatic carbocycles. The third kappa shape index (κ3) is 2.48. The first-order chi connectivity index (χ1) is 8.72. The van der Waals surface area contributed by atoms with E-state index in [-0.39, 0.29) is 0 Å². The zero-order valence-corrected chi connectivity index (χ0v) is 10.3. The van der Waals surface area contributed by atoms with E-state index in [1.807, 2.05) is 19.2 Å². The van der Waals surface area contributed by atoms with Crippen molar-refractivity contribution >= 4 is 11.6 Å². The lowest BCUT2D eigenvalue weighted by molar-refractivity contribution is 0.415. The van der Waals surface area contributed by atoms with Crippen molar-refractivity contribution < 1.29 is 4.74 Å². The second kappa shape index (κ2) is 5.31. The second-order valence-electron chi connectivity index (χ2n) is 3.80. The molecular weight excluding hydrogens is 230 g/mol. The average molecular weight is 245 g/mol. The molecule has 0 aliphatic rings. The van der Waals surface area contributed by atoms with Crippen LogP contribution in [-0.2, 0) is 6.54 Å². The number of aromatic nitrogens is 3. The fourth-order valence-corrected chi connectivity index (χ4v) is 1.59. The van der Waals surface area contributed by atoms with Gasteiger partial charge >= 0.3 is 0 Å². The van der Waals surface area contributed by atoms with Crippen molar-refractivity contribution in [1.82, 2.24) is 15.0 Å². The first kappa shape index (κ1) is 12.1. The fourth-order valence-electron chi connectivity index (χ4n) is 1.59. The number of anilines is 2. The summed E-state index contributed by atoms with van der Waals surface area (Å²) >= 11 is 0. The molecule has 2 aromatic heterocycles. The molecule has 18 heavy (non-hydrogen) atoms. The maximum Gasteiger partial charge on any atom is 0.203 e. The maximum absolute atomic E-state index is 5.70. The van der Waals surface area contributed by atoms with Crippen LogP contribution < -0.4 is 15.8 Å². The Labute approximate surface area is 105 Å².